The Morgan fingerprint density at radius 2 is 2.00 bits per heavy atom. The summed E-state index contributed by atoms with van der Waals surface area (Å²) in [5.74, 6) is 0.507. The number of nitrogens with one attached hydrogen (secondary N) is 1. The van der Waals surface area contributed by atoms with Crippen LogP contribution in [0.2, 0.25) is 0 Å². The fraction of sp³-hybridized carbons (Fsp3) is 0.286. The highest BCUT2D eigenvalue weighted by Crippen LogP contribution is 2.37. The van der Waals surface area contributed by atoms with Crippen molar-refractivity contribution < 1.29 is 4.79 Å². The third-order valence-electron chi connectivity index (χ3n) is 4.66. The minimum absolute atomic E-state index is 0.128. The maximum absolute atomic E-state index is 12.7. The molecule has 27 heavy (non-hydrogen) atoms. The fourth-order valence-electron chi connectivity index (χ4n) is 3.22. The molecule has 138 valence electrons. The van der Waals surface area contributed by atoms with Crippen LogP contribution in [0.3, 0.4) is 0 Å². The van der Waals surface area contributed by atoms with Gasteiger partial charge in [-0.05, 0) is 41.2 Å². The van der Waals surface area contributed by atoms with E-state index >= 15 is 0 Å². The van der Waals surface area contributed by atoms with Gasteiger partial charge in [0.1, 0.15) is 0 Å². The molecule has 6 heteroatoms. The highest BCUT2D eigenvalue weighted by molar-refractivity contribution is 8.01. The normalized spacial score (nSPS) is 11.9. The summed E-state index contributed by atoms with van der Waals surface area (Å²) in [4.78, 5) is 12.7. The molecular formula is C21H21N3OS2. The van der Waals surface area contributed by atoms with Crippen LogP contribution in [0.15, 0.2) is 46.8 Å². The van der Waals surface area contributed by atoms with Gasteiger partial charge in [0.15, 0.2) is 10.1 Å². The molecule has 0 radical (unpaired) electrons. The number of hydrogen-bond donors (Lipinski definition) is 1. The van der Waals surface area contributed by atoms with E-state index in [9.17, 15) is 4.79 Å². The molecule has 0 amide bonds. The second-order valence-corrected chi connectivity index (χ2v) is 8.77. The summed E-state index contributed by atoms with van der Waals surface area (Å²) in [6.45, 7) is 3.07. The van der Waals surface area contributed by atoms with Crippen LogP contribution in [0.5, 0.6) is 0 Å². The molecule has 4 rings (SSSR count). The molecule has 0 spiro atoms. The summed E-state index contributed by atoms with van der Waals surface area (Å²) >= 11 is 2.97. The predicted molar refractivity (Wildman–Crippen MR) is 113 cm³/mol. The number of Topliss-reactive ketones (excluding diaryl/α,β-unsaturated/α-hetero) is 1. The monoisotopic (exact) mass is 395 g/mol. The van der Waals surface area contributed by atoms with E-state index in [-0.39, 0.29) is 5.78 Å². The fourth-order valence-corrected chi connectivity index (χ4v) is 4.89. The lowest BCUT2D eigenvalue weighted by molar-refractivity contribution is 0.102. The van der Waals surface area contributed by atoms with Gasteiger partial charge in [0.05, 0.1) is 5.75 Å². The van der Waals surface area contributed by atoms with E-state index < -0.39 is 0 Å². The van der Waals surface area contributed by atoms with E-state index in [0.717, 1.165) is 40.8 Å². The largest absolute Gasteiger partial charge is 0.360 e. The van der Waals surface area contributed by atoms with Crippen LogP contribution in [0, 0.1) is 0 Å². The van der Waals surface area contributed by atoms with Gasteiger partial charge in [0.2, 0.25) is 5.13 Å². The minimum Gasteiger partial charge on any atom is -0.360 e. The van der Waals surface area contributed by atoms with Crippen molar-refractivity contribution in [2.24, 2.45) is 0 Å². The van der Waals surface area contributed by atoms with Crippen LogP contribution < -0.4 is 5.32 Å². The van der Waals surface area contributed by atoms with Gasteiger partial charge in [-0.1, -0.05) is 72.8 Å². The number of ketones is 1. The van der Waals surface area contributed by atoms with E-state index in [4.69, 9.17) is 0 Å². The van der Waals surface area contributed by atoms with Gasteiger partial charge >= 0.3 is 0 Å². The Balaban J connectivity index is 1.40. The molecule has 0 saturated carbocycles. The number of anilines is 1. The van der Waals surface area contributed by atoms with Crippen LogP contribution >= 0.6 is 23.1 Å². The summed E-state index contributed by atoms with van der Waals surface area (Å²) in [5, 5.41) is 12.4. The Bertz CT molecular complexity index is 968. The number of thioether (sulfide) groups is 1. The van der Waals surface area contributed by atoms with Crippen molar-refractivity contribution in [3.8, 4) is 11.1 Å². The second-order valence-electron chi connectivity index (χ2n) is 6.57. The van der Waals surface area contributed by atoms with Crippen molar-refractivity contribution in [3.63, 3.8) is 0 Å². The van der Waals surface area contributed by atoms with Gasteiger partial charge in [-0.15, -0.1) is 10.2 Å². The topological polar surface area (TPSA) is 54.9 Å². The number of carbonyl (C=O) groups excluding carboxylic acids is 1. The number of benzene rings is 2. The van der Waals surface area contributed by atoms with E-state index in [1.165, 1.54) is 45.4 Å². The summed E-state index contributed by atoms with van der Waals surface area (Å²) < 4.78 is 0.828. The Labute approximate surface area is 167 Å². The Morgan fingerprint density at radius 1 is 1.15 bits per heavy atom. The van der Waals surface area contributed by atoms with Crippen LogP contribution in [0.25, 0.3) is 11.1 Å². The van der Waals surface area contributed by atoms with E-state index in [1.54, 1.807) is 0 Å². The van der Waals surface area contributed by atoms with Gasteiger partial charge in [0, 0.05) is 12.1 Å². The van der Waals surface area contributed by atoms with Crippen LogP contribution in [-0.4, -0.2) is 28.3 Å². The van der Waals surface area contributed by atoms with Gasteiger partial charge in [-0.2, -0.15) is 0 Å². The van der Waals surface area contributed by atoms with Crippen LogP contribution in [-0.2, 0) is 6.42 Å². The molecule has 0 fully saturated rings. The number of aromatic nitrogens is 2. The number of carbonyl (C=O) groups is 1. The van der Waals surface area contributed by atoms with Crippen molar-refractivity contribution >= 4 is 34.0 Å². The molecule has 0 atom stereocenters. The van der Waals surface area contributed by atoms with Crippen molar-refractivity contribution in [2.75, 3.05) is 17.6 Å². The van der Waals surface area contributed by atoms with Crippen LogP contribution in [0.4, 0.5) is 5.13 Å². The van der Waals surface area contributed by atoms with Crippen molar-refractivity contribution in [1.29, 1.82) is 0 Å². The first-order chi connectivity index (χ1) is 13.2. The first kappa shape index (κ1) is 18.2. The molecule has 1 aliphatic carbocycles. The third-order valence-corrected chi connectivity index (χ3v) is 6.67. The molecule has 1 aliphatic rings. The van der Waals surface area contributed by atoms with Crippen molar-refractivity contribution in [2.45, 2.75) is 30.5 Å². The maximum atomic E-state index is 12.7. The third kappa shape index (κ3) is 4.06. The van der Waals surface area contributed by atoms with Crippen LogP contribution in [0.1, 0.15) is 41.3 Å². The molecule has 1 aromatic heterocycles. The van der Waals surface area contributed by atoms with Gasteiger partial charge in [-0.3, -0.25) is 4.79 Å². The molecule has 3 aromatic rings. The molecule has 0 aliphatic heterocycles. The van der Waals surface area contributed by atoms with E-state index in [1.807, 2.05) is 12.1 Å². The SMILES string of the molecule is CCCCNc1nnc(SCC(=O)c2ccc3c(c2)-c2ccccc2C3)s1. The zero-order valence-electron chi connectivity index (χ0n) is 15.2. The second kappa shape index (κ2) is 8.23. The lowest BCUT2D eigenvalue weighted by atomic mass is 10.0. The Morgan fingerprint density at radius 3 is 2.89 bits per heavy atom. The highest BCUT2D eigenvalue weighted by atomic mass is 32.2. The number of hydrogen-bond acceptors (Lipinski definition) is 6. The molecule has 0 saturated heterocycles. The van der Waals surface area contributed by atoms with E-state index in [2.05, 4.69) is 52.8 Å². The summed E-state index contributed by atoms with van der Waals surface area (Å²) in [5.41, 5.74) is 5.85. The summed E-state index contributed by atoms with van der Waals surface area (Å²) in [6.07, 6.45) is 3.21. The smallest absolute Gasteiger partial charge is 0.206 e. The number of rotatable bonds is 8. The van der Waals surface area contributed by atoms with E-state index in [0.29, 0.717) is 5.75 Å². The average molecular weight is 396 g/mol. The number of nitrogens with zero attached hydrogens (tertiary/aromatic N) is 2. The summed E-state index contributed by atoms with van der Waals surface area (Å²) in [6, 6.07) is 14.5. The quantitative estimate of drug-likeness (QED) is 0.249. The zero-order chi connectivity index (χ0) is 18.6. The number of unbranched alkanes of at least 4 members (excludes halogenated alkanes) is 1. The predicted octanol–water partition coefficient (Wildman–Crippen LogP) is 5.30. The average Bonchev–Trinajstić information content (AvgIpc) is 3.30. The Hall–Kier alpha value is -2.18. The van der Waals surface area contributed by atoms with Crippen molar-refractivity contribution in [3.05, 3.63) is 59.2 Å². The standard InChI is InChI=1S/C21H21N3OS2/c1-2-3-10-22-20-23-24-21(27-20)26-13-19(25)16-9-8-15-11-14-6-4-5-7-17(14)18(15)12-16/h4-9,12H,2-3,10-11,13H2,1H3,(H,22,23). The van der Waals surface area contributed by atoms with Crippen molar-refractivity contribution in [1.82, 2.24) is 10.2 Å². The first-order valence-electron chi connectivity index (χ1n) is 9.19. The molecule has 0 unspecified atom stereocenters. The molecule has 1 heterocycles. The zero-order valence-corrected chi connectivity index (χ0v) is 16.8. The maximum Gasteiger partial charge on any atom is 0.206 e. The molecule has 2 aromatic carbocycles. The first-order valence-corrected chi connectivity index (χ1v) is 11.0. The lowest BCUT2D eigenvalue weighted by Gasteiger charge is -2.05. The minimum atomic E-state index is 0.128. The molecule has 4 nitrogen and oxygen atoms in total. The molecule has 1 N–H and O–H groups in total. The highest BCUT2D eigenvalue weighted by Gasteiger charge is 2.19. The number of fused-ring (bicyclic) bond motifs is 3. The Kier molecular flexibility index (Phi) is 5.55. The van der Waals surface area contributed by atoms with Gasteiger partial charge in [-0.25, -0.2) is 0 Å². The molecule has 0 bridgehead atoms. The van der Waals surface area contributed by atoms with Gasteiger partial charge < -0.3 is 5.32 Å². The lowest BCUT2D eigenvalue weighted by Crippen LogP contribution is -2.02. The summed E-state index contributed by atoms with van der Waals surface area (Å²) in [7, 11) is 0. The molecular weight excluding hydrogens is 374 g/mol. The van der Waals surface area contributed by atoms with Gasteiger partial charge in [0.25, 0.3) is 0 Å².